The number of carbonyl (C=O) groups excluding carboxylic acids is 2. The molecule has 1 saturated heterocycles. The van der Waals surface area contributed by atoms with Crippen molar-refractivity contribution < 1.29 is 14.3 Å². The summed E-state index contributed by atoms with van der Waals surface area (Å²) in [7, 11) is 0. The van der Waals surface area contributed by atoms with Crippen LogP contribution in [0.15, 0.2) is 49.1 Å². The summed E-state index contributed by atoms with van der Waals surface area (Å²) in [6.07, 6.45) is 6.78. The summed E-state index contributed by atoms with van der Waals surface area (Å²) in [5.74, 6) is -1.30. The van der Waals surface area contributed by atoms with Crippen molar-refractivity contribution in [2.24, 2.45) is 0 Å². The summed E-state index contributed by atoms with van der Waals surface area (Å²) in [6.45, 7) is 3.44. The molecule has 0 radical (unpaired) electrons. The van der Waals surface area contributed by atoms with Crippen molar-refractivity contribution in [2.45, 2.75) is 12.6 Å². The predicted octanol–water partition coefficient (Wildman–Crippen LogP) is 0.283. The van der Waals surface area contributed by atoms with Crippen molar-refractivity contribution in [2.75, 3.05) is 32.8 Å². The number of rotatable bonds is 6. The molecule has 8 heteroatoms. The van der Waals surface area contributed by atoms with Crippen LogP contribution in [0.2, 0.25) is 0 Å². The quantitative estimate of drug-likeness (QED) is 0.710. The van der Waals surface area contributed by atoms with E-state index < -0.39 is 11.8 Å². The zero-order chi connectivity index (χ0) is 18.9. The van der Waals surface area contributed by atoms with Crippen LogP contribution in [0.5, 0.6) is 0 Å². The van der Waals surface area contributed by atoms with Gasteiger partial charge >= 0.3 is 11.8 Å². The first kappa shape index (κ1) is 18.9. The van der Waals surface area contributed by atoms with Crippen LogP contribution in [0.1, 0.15) is 17.2 Å². The van der Waals surface area contributed by atoms with E-state index in [2.05, 4.69) is 25.5 Å². The van der Waals surface area contributed by atoms with Gasteiger partial charge in [-0.15, -0.1) is 0 Å². The van der Waals surface area contributed by atoms with Gasteiger partial charge in [0.1, 0.15) is 0 Å². The topological polar surface area (TPSA) is 96.5 Å². The fraction of sp³-hybridized carbons (Fsp3) is 0.368. The molecule has 8 nitrogen and oxygen atoms in total. The summed E-state index contributed by atoms with van der Waals surface area (Å²) in [6, 6.07) is 7.36. The van der Waals surface area contributed by atoms with Crippen LogP contribution in [0.4, 0.5) is 0 Å². The fourth-order valence-corrected chi connectivity index (χ4v) is 2.95. The Morgan fingerprint density at radius 1 is 1.04 bits per heavy atom. The normalized spacial score (nSPS) is 15.7. The Morgan fingerprint density at radius 2 is 1.78 bits per heavy atom. The van der Waals surface area contributed by atoms with Crippen molar-refractivity contribution >= 4 is 11.8 Å². The number of pyridine rings is 2. The van der Waals surface area contributed by atoms with Crippen LogP contribution < -0.4 is 10.6 Å². The molecule has 0 bridgehead atoms. The van der Waals surface area contributed by atoms with Crippen LogP contribution in [0, 0.1) is 0 Å². The molecule has 0 saturated carbocycles. The number of carbonyl (C=O) groups is 2. The van der Waals surface area contributed by atoms with Gasteiger partial charge in [0.25, 0.3) is 0 Å². The minimum absolute atomic E-state index is 0.0560. The second kappa shape index (κ2) is 9.75. The third-order valence-electron chi connectivity index (χ3n) is 4.42. The molecule has 0 spiro atoms. The summed E-state index contributed by atoms with van der Waals surface area (Å²) in [4.78, 5) is 34.6. The Morgan fingerprint density at radius 3 is 2.48 bits per heavy atom. The van der Waals surface area contributed by atoms with Gasteiger partial charge in [0.15, 0.2) is 0 Å². The third-order valence-corrected chi connectivity index (χ3v) is 4.42. The Bertz CT molecular complexity index is 736. The van der Waals surface area contributed by atoms with Gasteiger partial charge in [-0.1, -0.05) is 6.07 Å². The summed E-state index contributed by atoms with van der Waals surface area (Å²) >= 11 is 0. The summed E-state index contributed by atoms with van der Waals surface area (Å²) in [5.41, 5.74) is 1.88. The molecule has 2 aromatic rings. The molecule has 1 atom stereocenters. The molecule has 1 fully saturated rings. The number of aromatic nitrogens is 2. The highest BCUT2D eigenvalue weighted by Crippen LogP contribution is 2.20. The Labute approximate surface area is 158 Å². The molecule has 0 aromatic carbocycles. The highest BCUT2D eigenvalue weighted by molar-refractivity contribution is 6.35. The average molecular weight is 369 g/mol. The smallest absolute Gasteiger partial charge is 0.309 e. The average Bonchev–Trinajstić information content (AvgIpc) is 2.74. The number of hydrogen-bond donors (Lipinski definition) is 2. The van der Waals surface area contributed by atoms with Gasteiger partial charge in [0.05, 0.1) is 19.3 Å². The second-order valence-corrected chi connectivity index (χ2v) is 6.20. The van der Waals surface area contributed by atoms with E-state index in [4.69, 9.17) is 4.74 Å². The standard InChI is InChI=1S/C19H23N5O3/c25-18(22-12-15-3-6-20-7-4-15)19(26)23-14-17(16-2-1-5-21-13-16)24-8-10-27-11-9-24/h1-7,13,17H,8-12,14H2,(H,22,25)(H,23,26)/t17-/m0/s1. The Kier molecular flexibility index (Phi) is 6.84. The lowest BCUT2D eigenvalue weighted by molar-refractivity contribution is -0.139. The van der Waals surface area contributed by atoms with Gasteiger partial charge in [0.2, 0.25) is 0 Å². The number of ether oxygens (including phenoxy) is 1. The van der Waals surface area contributed by atoms with Gasteiger partial charge < -0.3 is 15.4 Å². The van der Waals surface area contributed by atoms with E-state index in [-0.39, 0.29) is 12.6 Å². The van der Waals surface area contributed by atoms with E-state index in [1.807, 2.05) is 12.1 Å². The molecular formula is C19H23N5O3. The summed E-state index contributed by atoms with van der Waals surface area (Å²) in [5, 5.41) is 5.36. The van der Waals surface area contributed by atoms with E-state index in [0.717, 1.165) is 24.2 Å². The number of nitrogens with one attached hydrogen (secondary N) is 2. The highest BCUT2D eigenvalue weighted by atomic mass is 16.5. The van der Waals surface area contributed by atoms with Crippen molar-refractivity contribution in [3.8, 4) is 0 Å². The van der Waals surface area contributed by atoms with Crippen LogP contribution in [0.25, 0.3) is 0 Å². The van der Waals surface area contributed by atoms with Gasteiger partial charge in [-0.2, -0.15) is 0 Å². The molecule has 2 aromatic heterocycles. The SMILES string of the molecule is O=C(NCc1ccncc1)C(=O)NC[C@@H](c1cccnc1)N1CCOCC1. The number of amides is 2. The van der Waals surface area contributed by atoms with Crippen molar-refractivity contribution in [3.63, 3.8) is 0 Å². The maximum absolute atomic E-state index is 12.2. The van der Waals surface area contributed by atoms with Crippen LogP contribution in [-0.4, -0.2) is 59.5 Å². The van der Waals surface area contributed by atoms with Crippen LogP contribution in [0.3, 0.4) is 0 Å². The van der Waals surface area contributed by atoms with E-state index in [0.29, 0.717) is 19.8 Å². The fourth-order valence-electron chi connectivity index (χ4n) is 2.95. The lowest BCUT2D eigenvalue weighted by Crippen LogP contribution is -2.46. The summed E-state index contributed by atoms with van der Waals surface area (Å²) < 4.78 is 5.41. The van der Waals surface area contributed by atoms with Crippen molar-refractivity contribution in [1.82, 2.24) is 25.5 Å². The molecule has 0 aliphatic carbocycles. The van der Waals surface area contributed by atoms with Crippen LogP contribution >= 0.6 is 0 Å². The zero-order valence-electron chi connectivity index (χ0n) is 15.0. The van der Waals surface area contributed by atoms with Gasteiger partial charge in [-0.05, 0) is 29.3 Å². The molecule has 0 unspecified atom stereocenters. The lowest BCUT2D eigenvalue weighted by Gasteiger charge is -2.34. The molecule has 1 aliphatic heterocycles. The maximum Gasteiger partial charge on any atom is 0.309 e. The largest absolute Gasteiger partial charge is 0.379 e. The van der Waals surface area contributed by atoms with Gasteiger partial charge in [0, 0.05) is 51.0 Å². The Balaban J connectivity index is 1.55. The van der Waals surface area contributed by atoms with Crippen LogP contribution in [-0.2, 0) is 20.9 Å². The molecular weight excluding hydrogens is 346 g/mol. The minimum atomic E-state index is -0.654. The first-order valence-corrected chi connectivity index (χ1v) is 8.90. The Hall–Kier alpha value is -2.84. The first-order valence-electron chi connectivity index (χ1n) is 8.90. The maximum atomic E-state index is 12.2. The van der Waals surface area contributed by atoms with Gasteiger partial charge in [-0.3, -0.25) is 24.5 Å². The predicted molar refractivity (Wildman–Crippen MR) is 98.5 cm³/mol. The van der Waals surface area contributed by atoms with Gasteiger partial charge in [-0.25, -0.2) is 0 Å². The van der Waals surface area contributed by atoms with Crippen molar-refractivity contribution in [3.05, 3.63) is 60.2 Å². The first-order chi connectivity index (χ1) is 13.2. The second-order valence-electron chi connectivity index (χ2n) is 6.20. The molecule has 3 rings (SSSR count). The monoisotopic (exact) mass is 369 g/mol. The molecule has 142 valence electrons. The molecule has 2 N–H and O–H groups in total. The number of nitrogens with zero attached hydrogens (tertiary/aromatic N) is 3. The molecule has 1 aliphatic rings. The lowest BCUT2D eigenvalue weighted by atomic mass is 10.1. The minimum Gasteiger partial charge on any atom is -0.379 e. The highest BCUT2D eigenvalue weighted by Gasteiger charge is 2.24. The third kappa shape index (κ3) is 5.57. The number of hydrogen-bond acceptors (Lipinski definition) is 6. The molecule has 2 amide bonds. The van der Waals surface area contributed by atoms with E-state index in [1.54, 1.807) is 36.9 Å². The molecule has 27 heavy (non-hydrogen) atoms. The molecule has 3 heterocycles. The van der Waals surface area contributed by atoms with E-state index >= 15 is 0 Å². The van der Waals surface area contributed by atoms with Crippen molar-refractivity contribution in [1.29, 1.82) is 0 Å². The van der Waals surface area contributed by atoms with E-state index in [1.165, 1.54) is 0 Å². The zero-order valence-corrected chi connectivity index (χ0v) is 15.0. The van der Waals surface area contributed by atoms with E-state index in [9.17, 15) is 9.59 Å². The number of morpholine rings is 1.